The molecule has 0 aliphatic heterocycles. The summed E-state index contributed by atoms with van der Waals surface area (Å²) in [6.07, 6.45) is 4.00. The molecular weight excluding hydrogens is 228 g/mol. The third-order valence-electron chi connectivity index (χ3n) is 3.51. The fraction of sp³-hybridized carbons (Fsp3) is 0.533. The first-order chi connectivity index (χ1) is 8.74. The predicted octanol–water partition coefficient (Wildman–Crippen LogP) is 2.35. The van der Waals surface area contributed by atoms with Gasteiger partial charge in [-0.05, 0) is 61.8 Å². The molecule has 1 aliphatic carbocycles. The van der Waals surface area contributed by atoms with Crippen LogP contribution in [-0.2, 0) is 17.6 Å². The Bertz CT molecular complexity index is 426. The maximum absolute atomic E-state index is 11.6. The molecule has 0 aromatic heterocycles. The van der Waals surface area contributed by atoms with E-state index in [1.54, 1.807) is 0 Å². The van der Waals surface area contributed by atoms with Crippen LogP contribution in [0.3, 0.4) is 0 Å². The van der Waals surface area contributed by atoms with Crippen LogP contribution in [0.1, 0.15) is 41.3 Å². The number of rotatable bonds is 5. The molecule has 1 atom stereocenters. The van der Waals surface area contributed by atoms with Crippen molar-refractivity contribution in [2.75, 3.05) is 13.2 Å². The maximum atomic E-state index is 11.6. The van der Waals surface area contributed by atoms with E-state index in [9.17, 15) is 4.79 Å². The Kier molecular flexibility index (Phi) is 4.37. The Balaban J connectivity index is 2.05. The number of benzene rings is 1. The van der Waals surface area contributed by atoms with Gasteiger partial charge in [0.2, 0.25) is 0 Å². The first kappa shape index (κ1) is 13.1. The highest BCUT2D eigenvalue weighted by atomic mass is 16.5. The number of aliphatic hydroxyl groups excluding tert-OH is 1. The summed E-state index contributed by atoms with van der Waals surface area (Å²) in [5.41, 5.74) is 3.26. The molecule has 0 fully saturated rings. The molecule has 0 heterocycles. The zero-order valence-electron chi connectivity index (χ0n) is 10.8. The first-order valence-corrected chi connectivity index (χ1v) is 6.64. The molecule has 1 aliphatic rings. The number of fused-ring (bicyclic) bond motifs is 1. The summed E-state index contributed by atoms with van der Waals surface area (Å²) in [7, 11) is 0. The lowest BCUT2D eigenvalue weighted by molar-refractivity contribution is 0.0526. The summed E-state index contributed by atoms with van der Waals surface area (Å²) in [5, 5.41) is 8.86. The standard InChI is InChI=1S/C15H20O3/c1-2-18-15(17)13-6-5-12-8-11(4-3-7-16)9-14(12)10-13/h5-6,10-11,16H,2-4,7-9H2,1H3/t11-/m0/s1. The van der Waals surface area contributed by atoms with E-state index in [0.717, 1.165) is 25.7 Å². The Morgan fingerprint density at radius 2 is 2.17 bits per heavy atom. The lowest BCUT2D eigenvalue weighted by atomic mass is 10.0. The lowest BCUT2D eigenvalue weighted by Gasteiger charge is -2.06. The molecule has 0 amide bonds. The van der Waals surface area contributed by atoms with Crippen molar-refractivity contribution in [1.82, 2.24) is 0 Å². The van der Waals surface area contributed by atoms with Gasteiger partial charge in [0.05, 0.1) is 12.2 Å². The predicted molar refractivity (Wildman–Crippen MR) is 69.6 cm³/mol. The van der Waals surface area contributed by atoms with Gasteiger partial charge in [-0.15, -0.1) is 0 Å². The van der Waals surface area contributed by atoms with Crippen molar-refractivity contribution in [3.05, 3.63) is 34.9 Å². The normalized spacial score (nSPS) is 17.6. The van der Waals surface area contributed by atoms with Crippen LogP contribution < -0.4 is 0 Å². The van der Waals surface area contributed by atoms with E-state index >= 15 is 0 Å². The van der Waals surface area contributed by atoms with Gasteiger partial charge in [-0.25, -0.2) is 4.79 Å². The summed E-state index contributed by atoms with van der Waals surface area (Å²) in [4.78, 5) is 11.6. The third-order valence-corrected chi connectivity index (χ3v) is 3.51. The molecule has 1 N–H and O–H groups in total. The minimum atomic E-state index is -0.237. The summed E-state index contributed by atoms with van der Waals surface area (Å²) in [5.74, 6) is 0.378. The zero-order chi connectivity index (χ0) is 13.0. The van der Waals surface area contributed by atoms with Crippen LogP contribution in [0.5, 0.6) is 0 Å². The second-order valence-corrected chi connectivity index (χ2v) is 4.84. The molecule has 0 unspecified atom stereocenters. The van der Waals surface area contributed by atoms with Crippen molar-refractivity contribution in [2.24, 2.45) is 5.92 Å². The molecule has 0 radical (unpaired) electrons. The lowest BCUT2D eigenvalue weighted by Crippen LogP contribution is -2.05. The van der Waals surface area contributed by atoms with Gasteiger partial charge in [0.1, 0.15) is 0 Å². The van der Waals surface area contributed by atoms with Crippen LogP contribution in [-0.4, -0.2) is 24.3 Å². The maximum Gasteiger partial charge on any atom is 0.338 e. The van der Waals surface area contributed by atoms with Crippen LogP contribution in [0.15, 0.2) is 18.2 Å². The summed E-state index contributed by atoms with van der Waals surface area (Å²) < 4.78 is 5.01. The largest absolute Gasteiger partial charge is 0.462 e. The van der Waals surface area contributed by atoms with Crippen molar-refractivity contribution in [2.45, 2.75) is 32.6 Å². The van der Waals surface area contributed by atoms with Gasteiger partial charge < -0.3 is 9.84 Å². The van der Waals surface area contributed by atoms with Gasteiger partial charge in [-0.1, -0.05) is 6.07 Å². The average molecular weight is 248 g/mol. The molecule has 1 aromatic carbocycles. The van der Waals surface area contributed by atoms with E-state index in [1.165, 1.54) is 11.1 Å². The fourth-order valence-corrected chi connectivity index (χ4v) is 2.63. The molecular formula is C15H20O3. The number of carbonyl (C=O) groups is 1. The van der Waals surface area contributed by atoms with E-state index in [2.05, 4.69) is 0 Å². The molecule has 98 valence electrons. The van der Waals surface area contributed by atoms with Gasteiger partial charge in [-0.2, -0.15) is 0 Å². The van der Waals surface area contributed by atoms with E-state index in [4.69, 9.17) is 9.84 Å². The Morgan fingerprint density at radius 1 is 1.39 bits per heavy atom. The van der Waals surface area contributed by atoms with Crippen molar-refractivity contribution in [3.63, 3.8) is 0 Å². The van der Waals surface area contributed by atoms with Crippen LogP contribution >= 0.6 is 0 Å². The van der Waals surface area contributed by atoms with E-state index in [0.29, 0.717) is 18.1 Å². The second kappa shape index (κ2) is 6.01. The van der Waals surface area contributed by atoms with E-state index in [1.807, 2.05) is 25.1 Å². The quantitative estimate of drug-likeness (QED) is 0.814. The van der Waals surface area contributed by atoms with Crippen molar-refractivity contribution >= 4 is 5.97 Å². The average Bonchev–Trinajstić information content (AvgIpc) is 2.78. The Hall–Kier alpha value is -1.35. The minimum Gasteiger partial charge on any atom is -0.462 e. The van der Waals surface area contributed by atoms with Crippen LogP contribution in [0.25, 0.3) is 0 Å². The molecule has 3 nitrogen and oxygen atoms in total. The minimum absolute atomic E-state index is 0.237. The monoisotopic (exact) mass is 248 g/mol. The third kappa shape index (κ3) is 2.91. The van der Waals surface area contributed by atoms with Gasteiger partial charge in [-0.3, -0.25) is 0 Å². The highest BCUT2D eigenvalue weighted by molar-refractivity contribution is 5.89. The van der Waals surface area contributed by atoms with Gasteiger partial charge in [0.25, 0.3) is 0 Å². The van der Waals surface area contributed by atoms with E-state index in [-0.39, 0.29) is 12.6 Å². The van der Waals surface area contributed by atoms with Crippen LogP contribution in [0.2, 0.25) is 0 Å². The second-order valence-electron chi connectivity index (χ2n) is 4.84. The molecule has 2 rings (SSSR count). The topological polar surface area (TPSA) is 46.5 Å². The Morgan fingerprint density at radius 3 is 2.89 bits per heavy atom. The molecule has 0 saturated carbocycles. The summed E-state index contributed by atoms with van der Waals surface area (Å²) in [6.45, 7) is 2.49. The smallest absolute Gasteiger partial charge is 0.338 e. The van der Waals surface area contributed by atoms with Crippen LogP contribution in [0.4, 0.5) is 0 Å². The SMILES string of the molecule is CCOC(=O)c1ccc2c(c1)C[C@@H](CCCO)C2. The zero-order valence-corrected chi connectivity index (χ0v) is 10.8. The van der Waals surface area contributed by atoms with Gasteiger partial charge in [0.15, 0.2) is 0 Å². The van der Waals surface area contributed by atoms with Crippen molar-refractivity contribution in [3.8, 4) is 0 Å². The number of esters is 1. The molecule has 1 aromatic rings. The number of aliphatic hydroxyl groups is 1. The van der Waals surface area contributed by atoms with Crippen molar-refractivity contribution in [1.29, 1.82) is 0 Å². The Labute approximate surface area is 108 Å². The molecule has 18 heavy (non-hydrogen) atoms. The molecule has 0 spiro atoms. The highest BCUT2D eigenvalue weighted by Gasteiger charge is 2.22. The van der Waals surface area contributed by atoms with Gasteiger partial charge >= 0.3 is 5.97 Å². The van der Waals surface area contributed by atoms with Gasteiger partial charge in [0, 0.05) is 6.61 Å². The molecule has 0 bridgehead atoms. The highest BCUT2D eigenvalue weighted by Crippen LogP contribution is 2.30. The summed E-state index contributed by atoms with van der Waals surface area (Å²) in [6, 6.07) is 5.86. The fourth-order valence-electron chi connectivity index (χ4n) is 2.63. The summed E-state index contributed by atoms with van der Waals surface area (Å²) >= 11 is 0. The van der Waals surface area contributed by atoms with Crippen LogP contribution in [0, 0.1) is 5.92 Å². The number of carbonyl (C=O) groups excluding carboxylic acids is 1. The molecule has 0 saturated heterocycles. The number of hydrogen-bond acceptors (Lipinski definition) is 3. The first-order valence-electron chi connectivity index (χ1n) is 6.64. The number of ether oxygens (including phenoxy) is 1. The number of hydrogen-bond donors (Lipinski definition) is 1. The van der Waals surface area contributed by atoms with E-state index < -0.39 is 0 Å². The van der Waals surface area contributed by atoms with Crippen molar-refractivity contribution < 1.29 is 14.6 Å². The molecule has 3 heteroatoms.